The van der Waals surface area contributed by atoms with E-state index in [1.807, 2.05) is 30.3 Å². The fourth-order valence-corrected chi connectivity index (χ4v) is 1.54. The Balaban J connectivity index is 2.77. The SMILES string of the molecule is CC(=O)N[C@@H](Cc1ccccc1)C(O)C(=O)O. The van der Waals surface area contributed by atoms with Gasteiger partial charge in [0.15, 0.2) is 6.10 Å². The summed E-state index contributed by atoms with van der Waals surface area (Å²) in [7, 11) is 0. The van der Waals surface area contributed by atoms with E-state index in [4.69, 9.17) is 5.11 Å². The van der Waals surface area contributed by atoms with Gasteiger partial charge in [0.1, 0.15) is 0 Å². The Hall–Kier alpha value is -1.88. The van der Waals surface area contributed by atoms with E-state index in [1.54, 1.807) is 0 Å². The van der Waals surface area contributed by atoms with Gasteiger partial charge in [0.05, 0.1) is 6.04 Å². The van der Waals surface area contributed by atoms with Gasteiger partial charge in [-0.2, -0.15) is 0 Å². The molecule has 0 aliphatic rings. The van der Waals surface area contributed by atoms with Crippen molar-refractivity contribution in [3.8, 4) is 0 Å². The number of carbonyl (C=O) groups excluding carboxylic acids is 1. The molecule has 5 nitrogen and oxygen atoms in total. The lowest BCUT2D eigenvalue weighted by Crippen LogP contribution is -2.47. The summed E-state index contributed by atoms with van der Waals surface area (Å²) in [6, 6.07) is 8.25. The normalized spacial score (nSPS) is 13.8. The molecule has 0 saturated carbocycles. The van der Waals surface area contributed by atoms with Crippen molar-refractivity contribution >= 4 is 11.9 Å². The third-order valence-corrected chi connectivity index (χ3v) is 2.32. The van der Waals surface area contributed by atoms with Gasteiger partial charge in [0.2, 0.25) is 5.91 Å². The van der Waals surface area contributed by atoms with Crippen LogP contribution in [0.15, 0.2) is 30.3 Å². The molecular formula is C12H15NO4. The third kappa shape index (κ3) is 4.24. The maximum atomic E-state index is 11.0. The minimum atomic E-state index is -1.61. The maximum absolute atomic E-state index is 11.0. The van der Waals surface area contributed by atoms with Crippen molar-refractivity contribution in [1.82, 2.24) is 5.32 Å². The smallest absolute Gasteiger partial charge is 0.334 e. The lowest BCUT2D eigenvalue weighted by atomic mass is 10.0. The fourth-order valence-electron chi connectivity index (χ4n) is 1.54. The molecule has 1 aromatic rings. The summed E-state index contributed by atoms with van der Waals surface area (Å²) in [6.07, 6.45) is -1.34. The average molecular weight is 237 g/mol. The molecule has 0 radical (unpaired) electrons. The van der Waals surface area contributed by atoms with Crippen LogP contribution in [0.1, 0.15) is 12.5 Å². The van der Waals surface area contributed by atoms with Crippen LogP contribution >= 0.6 is 0 Å². The summed E-state index contributed by atoms with van der Waals surface area (Å²) >= 11 is 0. The van der Waals surface area contributed by atoms with Crippen molar-refractivity contribution in [2.75, 3.05) is 0 Å². The van der Waals surface area contributed by atoms with E-state index >= 15 is 0 Å². The van der Waals surface area contributed by atoms with Gasteiger partial charge in [-0.15, -0.1) is 0 Å². The molecule has 1 aromatic carbocycles. The first kappa shape index (κ1) is 13.2. The van der Waals surface area contributed by atoms with Crippen LogP contribution in [0.4, 0.5) is 0 Å². The molecule has 1 amide bonds. The zero-order valence-corrected chi connectivity index (χ0v) is 9.46. The lowest BCUT2D eigenvalue weighted by Gasteiger charge is -2.20. The second-order valence-electron chi connectivity index (χ2n) is 3.78. The highest BCUT2D eigenvalue weighted by atomic mass is 16.4. The van der Waals surface area contributed by atoms with Gasteiger partial charge < -0.3 is 15.5 Å². The topological polar surface area (TPSA) is 86.6 Å². The Morgan fingerprint density at radius 3 is 2.35 bits per heavy atom. The second kappa shape index (κ2) is 6.00. The van der Waals surface area contributed by atoms with Crippen molar-refractivity contribution in [2.24, 2.45) is 0 Å². The zero-order chi connectivity index (χ0) is 12.8. The van der Waals surface area contributed by atoms with Gasteiger partial charge in [0, 0.05) is 6.92 Å². The minimum Gasteiger partial charge on any atom is -0.479 e. The van der Waals surface area contributed by atoms with Crippen LogP contribution in [-0.2, 0) is 16.0 Å². The number of carboxylic acids is 1. The van der Waals surface area contributed by atoms with Crippen molar-refractivity contribution in [2.45, 2.75) is 25.5 Å². The predicted molar refractivity (Wildman–Crippen MR) is 61.4 cm³/mol. The van der Waals surface area contributed by atoms with Crippen molar-refractivity contribution < 1.29 is 19.8 Å². The van der Waals surface area contributed by atoms with E-state index in [0.717, 1.165) is 5.56 Å². The highest BCUT2D eigenvalue weighted by Gasteiger charge is 2.26. The second-order valence-corrected chi connectivity index (χ2v) is 3.78. The Kier molecular flexibility index (Phi) is 4.66. The van der Waals surface area contributed by atoms with Crippen LogP contribution in [-0.4, -0.2) is 34.2 Å². The van der Waals surface area contributed by atoms with Crippen molar-refractivity contribution in [1.29, 1.82) is 0 Å². The first-order valence-corrected chi connectivity index (χ1v) is 5.22. The van der Waals surface area contributed by atoms with Crippen molar-refractivity contribution in [3.63, 3.8) is 0 Å². The Morgan fingerprint density at radius 2 is 1.88 bits per heavy atom. The van der Waals surface area contributed by atoms with Crippen LogP contribution in [0.2, 0.25) is 0 Å². The lowest BCUT2D eigenvalue weighted by molar-refractivity contribution is -0.148. The number of benzene rings is 1. The fraction of sp³-hybridized carbons (Fsp3) is 0.333. The number of aliphatic carboxylic acids is 1. The van der Waals surface area contributed by atoms with Crippen LogP contribution < -0.4 is 5.32 Å². The molecule has 0 spiro atoms. The van der Waals surface area contributed by atoms with E-state index in [1.165, 1.54) is 6.92 Å². The van der Waals surface area contributed by atoms with Gasteiger partial charge in [-0.3, -0.25) is 4.79 Å². The molecule has 17 heavy (non-hydrogen) atoms. The zero-order valence-electron chi connectivity index (χ0n) is 9.46. The summed E-state index contributed by atoms with van der Waals surface area (Å²) in [4.78, 5) is 21.7. The molecule has 0 fully saturated rings. The van der Waals surface area contributed by atoms with Crippen LogP contribution in [0, 0.1) is 0 Å². The molecule has 0 aliphatic heterocycles. The largest absolute Gasteiger partial charge is 0.479 e. The number of hydrogen-bond acceptors (Lipinski definition) is 3. The van der Waals surface area contributed by atoms with Gasteiger partial charge in [-0.05, 0) is 12.0 Å². The molecule has 2 atom stereocenters. The monoisotopic (exact) mass is 237 g/mol. The van der Waals surface area contributed by atoms with Crippen LogP contribution in [0.5, 0.6) is 0 Å². The predicted octanol–water partition coefficient (Wildman–Crippen LogP) is 0.179. The molecular weight excluding hydrogens is 222 g/mol. The molecule has 0 aromatic heterocycles. The Labute approximate surface area is 99.1 Å². The average Bonchev–Trinajstić information content (AvgIpc) is 2.28. The number of carbonyl (C=O) groups is 2. The van der Waals surface area contributed by atoms with E-state index in [2.05, 4.69) is 5.32 Å². The molecule has 0 aliphatic carbocycles. The standard InChI is InChI=1S/C12H15NO4/c1-8(14)13-10(11(15)12(16)17)7-9-5-3-2-4-6-9/h2-6,10-11,15H,7H2,1H3,(H,13,14)(H,16,17)/t10-,11?/m0/s1. The maximum Gasteiger partial charge on any atom is 0.334 e. The number of hydrogen-bond donors (Lipinski definition) is 3. The highest BCUT2D eigenvalue weighted by molar-refractivity contribution is 5.77. The summed E-state index contributed by atoms with van der Waals surface area (Å²) in [6.45, 7) is 1.28. The first-order valence-electron chi connectivity index (χ1n) is 5.22. The molecule has 0 heterocycles. The minimum absolute atomic E-state index is 0.272. The van der Waals surface area contributed by atoms with Gasteiger partial charge >= 0.3 is 5.97 Å². The number of rotatable bonds is 5. The van der Waals surface area contributed by atoms with Gasteiger partial charge in [0.25, 0.3) is 0 Å². The van der Waals surface area contributed by atoms with Crippen LogP contribution in [0.3, 0.4) is 0 Å². The number of aliphatic hydroxyl groups is 1. The van der Waals surface area contributed by atoms with E-state index in [-0.39, 0.29) is 12.3 Å². The summed E-state index contributed by atoms with van der Waals surface area (Å²) in [5.41, 5.74) is 0.853. The Morgan fingerprint density at radius 1 is 1.29 bits per heavy atom. The van der Waals surface area contributed by atoms with Crippen LogP contribution in [0.25, 0.3) is 0 Å². The Bertz CT molecular complexity index is 391. The molecule has 1 unspecified atom stereocenters. The van der Waals surface area contributed by atoms with Crippen molar-refractivity contribution in [3.05, 3.63) is 35.9 Å². The van der Waals surface area contributed by atoms with E-state index < -0.39 is 18.1 Å². The van der Waals surface area contributed by atoms with Gasteiger partial charge in [-0.25, -0.2) is 4.79 Å². The summed E-state index contributed by atoms with van der Waals surface area (Å²) in [5, 5.41) is 20.7. The molecule has 92 valence electrons. The van der Waals surface area contributed by atoms with E-state index in [9.17, 15) is 14.7 Å². The third-order valence-electron chi connectivity index (χ3n) is 2.32. The molecule has 5 heteroatoms. The number of aliphatic hydroxyl groups excluding tert-OH is 1. The molecule has 1 rings (SSSR count). The first-order chi connectivity index (χ1) is 8.00. The molecule has 3 N–H and O–H groups in total. The molecule has 0 saturated heterocycles. The summed E-state index contributed by atoms with van der Waals surface area (Å²) < 4.78 is 0. The number of nitrogens with one attached hydrogen (secondary N) is 1. The molecule has 0 bridgehead atoms. The van der Waals surface area contributed by atoms with Gasteiger partial charge in [-0.1, -0.05) is 30.3 Å². The quantitative estimate of drug-likeness (QED) is 0.681. The highest BCUT2D eigenvalue weighted by Crippen LogP contribution is 2.06. The van der Waals surface area contributed by atoms with E-state index in [0.29, 0.717) is 0 Å². The summed E-state index contributed by atoms with van der Waals surface area (Å²) in [5.74, 6) is -1.72. The number of carboxylic acid groups (broad SMARTS) is 1. The number of amides is 1.